The van der Waals surface area contributed by atoms with Crippen LogP contribution in [0.15, 0.2) is 18.2 Å². The molecule has 0 bridgehead atoms. The van der Waals surface area contributed by atoms with E-state index in [-0.39, 0.29) is 5.82 Å². The van der Waals surface area contributed by atoms with Gasteiger partial charge in [0.05, 0.1) is 11.4 Å². The Hall–Kier alpha value is -1.58. The molecule has 1 fully saturated rings. The van der Waals surface area contributed by atoms with Crippen LogP contribution in [0.5, 0.6) is 0 Å². The molecule has 0 spiro atoms. The molecule has 4 heteroatoms. The minimum atomic E-state index is -0.329. The molecule has 1 saturated heterocycles. The van der Waals surface area contributed by atoms with Crippen LogP contribution in [0.2, 0.25) is 0 Å². The summed E-state index contributed by atoms with van der Waals surface area (Å²) in [7, 11) is 0. The number of carbonyl (C=O) groups is 1. The number of nitrogens with zero attached hydrogens (tertiary/aromatic N) is 1. The van der Waals surface area contributed by atoms with Crippen molar-refractivity contribution in [3.8, 4) is 0 Å². The van der Waals surface area contributed by atoms with Crippen LogP contribution < -0.4 is 10.2 Å². The number of amides is 1. The predicted octanol–water partition coefficient (Wildman–Crippen LogP) is 2.38. The van der Waals surface area contributed by atoms with Crippen LogP contribution in [0, 0.1) is 5.82 Å². The first kappa shape index (κ1) is 10.9. The van der Waals surface area contributed by atoms with Gasteiger partial charge in [-0.15, -0.1) is 0 Å². The van der Waals surface area contributed by atoms with Crippen molar-refractivity contribution in [2.45, 2.75) is 19.3 Å². The second-order valence-corrected chi connectivity index (χ2v) is 3.97. The van der Waals surface area contributed by atoms with E-state index < -0.39 is 0 Å². The molecule has 3 nitrogen and oxygen atoms in total. The lowest BCUT2D eigenvalue weighted by atomic mass is 10.1. The number of nitrogens with one attached hydrogen (secondary N) is 1. The monoisotopic (exact) mass is 222 g/mol. The molecule has 0 atom stereocenters. The van der Waals surface area contributed by atoms with E-state index >= 15 is 0 Å². The van der Waals surface area contributed by atoms with Gasteiger partial charge in [-0.25, -0.2) is 4.39 Å². The van der Waals surface area contributed by atoms with Crippen LogP contribution >= 0.6 is 0 Å². The van der Waals surface area contributed by atoms with Crippen LogP contribution in [0.1, 0.15) is 19.3 Å². The van der Waals surface area contributed by atoms with Crippen LogP contribution in [-0.4, -0.2) is 19.5 Å². The van der Waals surface area contributed by atoms with E-state index in [0.717, 1.165) is 31.6 Å². The summed E-state index contributed by atoms with van der Waals surface area (Å²) in [6.07, 6.45) is 4.13. The highest BCUT2D eigenvalue weighted by Gasteiger charge is 2.14. The molecule has 1 aliphatic rings. The molecule has 1 aromatic rings. The van der Waals surface area contributed by atoms with E-state index in [1.165, 1.54) is 18.6 Å². The predicted molar refractivity (Wildman–Crippen MR) is 62.2 cm³/mol. The summed E-state index contributed by atoms with van der Waals surface area (Å²) in [5, 5.41) is 2.55. The summed E-state index contributed by atoms with van der Waals surface area (Å²) < 4.78 is 13.1. The number of rotatable bonds is 3. The third-order valence-electron chi connectivity index (χ3n) is 2.87. The zero-order chi connectivity index (χ0) is 11.4. The Morgan fingerprint density at radius 1 is 1.25 bits per heavy atom. The Kier molecular flexibility index (Phi) is 3.39. The average Bonchev–Trinajstić information content (AvgIpc) is 2.31. The van der Waals surface area contributed by atoms with E-state index in [1.807, 2.05) is 0 Å². The topological polar surface area (TPSA) is 32.3 Å². The van der Waals surface area contributed by atoms with Crippen LogP contribution in [0.3, 0.4) is 0 Å². The van der Waals surface area contributed by atoms with Gasteiger partial charge in [-0.2, -0.15) is 0 Å². The van der Waals surface area contributed by atoms with Crippen LogP contribution in [-0.2, 0) is 4.79 Å². The molecule has 2 rings (SSSR count). The van der Waals surface area contributed by atoms with E-state index in [1.54, 1.807) is 6.07 Å². The van der Waals surface area contributed by atoms with Gasteiger partial charge in [0.1, 0.15) is 5.82 Å². The largest absolute Gasteiger partial charge is 0.370 e. The molecule has 0 aliphatic carbocycles. The molecule has 1 N–H and O–H groups in total. The second-order valence-electron chi connectivity index (χ2n) is 3.97. The van der Waals surface area contributed by atoms with Crippen molar-refractivity contribution in [3.05, 3.63) is 24.0 Å². The van der Waals surface area contributed by atoms with Crippen molar-refractivity contribution in [1.29, 1.82) is 0 Å². The fourth-order valence-electron chi connectivity index (χ4n) is 2.10. The second kappa shape index (κ2) is 4.96. The zero-order valence-electron chi connectivity index (χ0n) is 9.08. The number of hydrogen-bond acceptors (Lipinski definition) is 2. The average molecular weight is 222 g/mol. The molecular formula is C12H15FN2O. The van der Waals surface area contributed by atoms with Crippen LogP contribution in [0.25, 0.3) is 0 Å². The molecule has 16 heavy (non-hydrogen) atoms. The Morgan fingerprint density at radius 2 is 2.00 bits per heavy atom. The lowest BCUT2D eigenvalue weighted by Crippen LogP contribution is -2.30. The minimum Gasteiger partial charge on any atom is -0.370 e. The fraction of sp³-hybridized carbons (Fsp3) is 0.417. The van der Waals surface area contributed by atoms with Gasteiger partial charge in [0.2, 0.25) is 6.41 Å². The maximum absolute atomic E-state index is 13.1. The normalized spacial score (nSPS) is 15.9. The molecule has 0 radical (unpaired) electrons. The highest BCUT2D eigenvalue weighted by atomic mass is 19.1. The third kappa shape index (κ3) is 2.32. The maximum atomic E-state index is 13.1. The minimum absolute atomic E-state index is 0.329. The Balaban J connectivity index is 2.26. The number of benzene rings is 1. The van der Waals surface area contributed by atoms with Gasteiger partial charge in [0.25, 0.3) is 0 Å². The van der Waals surface area contributed by atoms with Crippen molar-refractivity contribution >= 4 is 17.8 Å². The van der Waals surface area contributed by atoms with Crippen molar-refractivity contribution < 1.29 is 9.18 Å². The number of carbonyl (C=O) groups excluding carboxylic acids is 1. The van der Waals surface area contributed by atoms with E-state index in [9.17, 15) is 9.18 Å². The quantitative estimate of drug-likeness (QED) is 0.796. The highest BCUT2D eigenvalue weighted by molar-refractivity contribution is 5.81. The summed E-state index contributed by atoms with van der Waals surface area (Å²) in [5.74, 6) is -0.329. The molecule has 1 aliphatic heterocycles. The van der Waals surface area contributed by atoms with Gasteiger partial charge in [-0.1, -0.05) is 0 Å². The molecule has 0 aromatic heterocycles. The van der Waals surface area contributed by atoms with Gasteiger partial charge >= 0.3 is 0 Å². The van der Waals surface area contributed by atoms with Gasteiger partial charge in [0.15, 0.2) is 0 Å². The lowest BCUT2D eigenvalue weighted by Gasteiger charge is -2.30. The summed E-state index contributed by atoms with van der Waals surface area (Å²) in [6.45, 7) is 1.94. The van der Waals surface area contributed by atoms with E-state index in [2.05, 4.69) is 10.2 Å². The maximum Gasteiger partial charge on any atom is 0.211 e. The molecule has 1 amide bonds. The summed E-state index contributed by atoms with van der Waals surface area (Å²) in [5.41, 5.74) is 1.46. The molecule has 0 unspecified atom stereocenters. The SMILES string of the molecule is O=CNc1cc(F)ccc1N1CCCCC1. The smallest absolute Gasteiger partial charge is 0.211 e. The lowest BCUT2D eigenvalue weighted by molar-refractivity contribution is -0.105. The molecule has 0 saturated carbocycles. The first-order valence-electron chi connectivity index (χ1n) is 5.56. The summed E-state index contributed by atoms with van der Waals surface area (Å²) in [4.78, 5) is 12.7. The molecule has 1 aromatic carbocycles. The Morgan fingerprint density at radius 3 is 2.69 bits per heavy atom. The van der Waals surface area contributed by atoms with Crippen LogP contribution in [0.4, 0.5) is 15.8 Å². The standard InChI is InChI=1S/C12H15FN2O/c13-10-4-5-12(11(8-10)14-9-16)15-6-2-1-3-7-15/h4-5,8-9H,1-3,6-7H2,(H,14,16). The number of anilines is 2. The van der Waals surface area contributed by atoms with Gasteiger partial charge in [-0.05, 0) is 37.5 Å². The number of halogens is 1. The number of piperidine rings is 1. The van der Waals surface area contributed by atoms with E-state index in [0.29, 0.717) is 12.1 Å². The van der Waals surface area contributed by atoms with Crippen molar-refractivity contribution in [2.75, 3.05) is 23.3 Å². The third-order valence-corrected chi connectivity index (χ3v) is 2.87. The number of hydrogen-bond donors (Lipinski definition) is 1. The van der Waals surface area contributed by atoms with Crippen molar-refractivity contribution in [3.63, 3.8) is 0 Å². The summed E-state index contributed by atoms with van der Waals surface area (Å²) >= 11 is 0. The summed E-state index contributed by atoms with van der Waals surface area (Å²) in [6, 6.07) is 4.52. The Labute approximate surface area is 94.3 Å². The van der Waals surface area contributed by atoms with Gasteiger partial charge in [0, 0.05) is 13.1 Å². The first-order valence-corrected chi connectivity index (χ1v) is 5.56. The fourth-order valence-corrected chi connectivity index (χ4v) is 2.10. The van der Waals surface area contributed by atoms with Gasteiger partial charge < -0.3 is 10.2 Å². The zero-order valence-corrected chi connectivity index (χ0v) is 9.08. The van der Waals surface area contributed by atoms with Crippen molar-refractivity contribution in [2.24, 2.45) is 0 Å². The molecule has 86 valence electrons. The van der Waals surface area contributed by atoms with Gasteiger partial charge in [-0.3, -0.25) is 4.79 Å². The molecule has 1 heterocycles. The van der Waals surface area contributed by atoms with E-state index in [4.69, 9.17) is 0 Å². The van der Waals surface area contributed by atoms with Crippen molar-refractivity contribution in [1.82, 2.24) is 0 Å². The Bertz CT molecular complexity index is 375. The highest BCUT2D eigenvalue weighted by Crippen LogP contribution is 2.28. The molecular weight excluding hydrogens is 207 g/mol. The first-order chi connectivity index (χ1) is 7.81.